The van der Waals surface area contributed by atoms with Crippen LogP contribution < -0.4 is 5.32 Å². The Morgan fingerprint density at radius 1 is 1.32 bits per heavy atom. The van der Waals surface area contributed by atoms with Crippen molar-refractivity contribution in [3.8, 4) is 0 Å². The summed E-state index contributed by atoms with van der Waals surface area (Å²) in [6.45, 7) is 5.07. The highest BCUT2D eigenvalue weighted by Crippen LogP contribution is 2.18. The lowest BCUT2D eigenvalue weighted by Crippen LogP contribution is -2.57. The summed E-state index contributed by atoms with van der Waals surface area (Å²) in [5.74, 6) is 0.0282. The molecule has 2 aliphatic rings. The van der Waals surface area contributed by atoms with Crippen LogP contribution in [-0.4, -0.2) is 70.3 Å². The fourth-order valence-electron chi connectivity index (χ4n) is 3.07. The quantitative estimate of drug-likeness (QED) is 0.820. The summed E-state index contributed by atoms with van der Waals surface area (Å²) in [4.78, 5) is 36.5. The highest BCUT2D eigenvalue weighted by atomic mass is 16.2. The van der Waals surface area contributed by atoms with E-state index in [2.05, 4.69) is 15.3 Å². The van der Waals surface area contributed by atoms with Crippen molar-refractivity contribution in [2.24, 2.45) is 0 Å². The molecule has 1 atom stereocenters. The Hall–Kier alpha value is -2.02. The first kappa shape index (κ1) is 14.9. The average molecular weight is 303 g/mol. The van der Waals surface area contributed by atoms with Crippen LogP contribution in [0.1, 0.15) is 29.0 Å². The smallest absolute Gasteiger partial charge is 0.274 e. The van der Waals surface area contributed by atoms with E-state index in [-0.39, 0.29) is 17.9 Å². The molecule has 0 spiro atoms. The van der Waals surface area contributed by atoms with Gasteiger partial charge in [0.05, 0.1) is 18.4 Å². The topological polar surface area (TPSA) is 78.4 Å². The summed E-state index contributed by atoms with van der Waals surface area (Å²) in [7, 11) is 0. The van der Waals surface area contributed by atoms with E-state index in [0.717, 1.165) is 31.6 Å². The summed E-state index contributed by atoms with van der Waals surface area (Å²) in [6, 6.07) is 0.116. The van der Waals surface area contributed by atoms with Crippen molar-refractivity contribution in [3.63, 3.8) is 0 Å². The summed E-state index contributed by atoms with van der Waals surface area (Å²) in [5.41, 5.74) is 1.16. The molecule has 0 saturated carbocycles. The molecular formula is C15H21N5O2. The molecule has 2 aliphatic heterocycles. The number of aryl methyl sites for hydroxylation is 1. The molecule has 1 aromatic rings. The van der Waals surface area contributed by atoms with E-state index in [9.17, 15) is 9.59 Å². The number of piperazine rings is 1. The second-order valence-electron chi connectivity index (χ2n) is 5.85. The van der Waals surface area contributed by atoms with Crippen LogP contribution in [0.4, 0.5) is 0 Å². The third-order valence-corrected chi connectivity index (χ3v) is 4.25. The average Bonchev–Trinajstić information content (AvgIpc) is 2.55. The zero-order valence-electron chi connectivity index (χ0n) is 12.8. The number of likely N-dealkylation sites (tertiary alicyclic amines) is 1. The van der Waals surface area contributed by atoms with E-state index >= 15 is 0 Å². The molecule has 0 bridgehead atoms. The van der Waals surface area contributed by atoms with Crippen molar-refractivity contribution in [1.29, 1.82) is 0 Å². The van der Waals surface area contributed by atoms with Crippen LogP contribution in [0.3, 0.4) is 0 Å². The van der Waals surface area contributed by atoms with E-state index in [1.54, 1.807) is 11.1 Å². The van der Waals surface area contributed by atoms with Crippen LogP contribution in [-0.2, 0) is 4.79 Å². The van der Waals surface area contributed by atoms with Crippen molar-refractivity contribution in [2.45, 2.75) is 25.8 Å². The Bertz CT molecular complexity index is 560. The maximum Gasteiger partial charge on any atom is 0.274 e. The third-order valence-electron chi connectivity index (χ3n) is 4.25. The molecule has 22 heavy (non-hydrogen) atoms. The molecule has 0 aliphatic carbocycles. The van der Waals surface area contributed by atoms with Gasteiger partial charge in [0.15, 0.2) is 0 Å². The fourth-order valence-corrected chi connectivity index (χ4v) is 3.07. The minimum absolute atomic E-state index is 0.0974. The van der Waals surface area contributed by atoms with Gasteiger partial charge in [-0.25, -0.2) is 4.98 Å². The summed E-state index contributed by atoms with van der Waals surface area (Å²) in [5, 5.41) is 3.08. The number of piperidine rings is 1. The van der Waals surface area contributed by atoms with E-state index in [0.29, 0.717) is 25.3 Å². The van der Waals surface area contributed by atoms with Crippen LogP contribution in [0.5, 0.6) is 0 Å². The molecule has 1 unspecified atom stereocenters. The van der Waals surface area contributed by atoms with Gasteiger partial charge in [0, 0.05) is 38.4 Å². The Morgan fingerprint density at radius 3 is 2.91 bits per heavy atom. The van der Waals surface area contributed by atoms with Gasteiger partial charge in [0.25, 0.3) is 5.91 Å². The number of hydrogen-bond acceptors (Lipinski definition) is 5. The second-order valence-corrected chi connectivity index (χ2v) is 5.85. The highest BCUT2D eigenvalue weighted by Gasteiger charge is 2.32. The molecule has 7 heteroatoms. The van der Waals surface area contributed by atoms with Crippen molar-refractivity contribution < 1.29 is 9.59 Å². The number of rotatable bonds is 2. The number of nitrogens with zero attached hydrogens (tertiary/aromatic N) is 4. The Balaban J connectivity index is 1.68. The highest BCUT2D eigenvalue weighted by molar-refractivity contribution is 5.92. The van der Waals surface area contributed by atoms with Gasteiger partial charge in [-0.15, -0.1) is 0 Å². The lowest BCUT2D eigenvalue weighted by molar-refractivity contribution is -0.135. The van der Waals surface area contributed by atoms with E-state index in [1.165, 1.54) is 6.20 Å². The third kappa shape index (κ3) is 3.09. The number of carbonyl (C=O) groups excluding carboxylic acids is 2. The zero-order chi connectivity index (χ0) is 15.5. The number of hydrogen-bond donors (Lipinski definition) is 1. The Kier molecular flexibility index (Phi) is 4.33. The molecule has 1 N–H and O–H groups in total. The predicted molar refractivity (Wildman–Crippen MR) is 80.3 cm³/mol. The van der Waals surface area contributed by atoms with Crippen molar-refractivity contribution >= 4 is 11.8 Å². The number of nitrogens with one attached hydrogen (secondary N) is 1. The van der Waals surface area contributed by atoms with Gasteiger partial charge in [0.2, 0.25) is 5.91 Å². The minimum atomic E-state index is -0.0974. The number of amides is 2. The molecule has 0 aromatic carbocycles. The van der Waals surface area contributed by atoms with Gasteiger partial charge in [-0.2, -0.15) is 0 Å². The summed E-state index contributed by atoms with van der Waals surface area (Å²) < 4.78 is 0. The largest absolute Gasteiger partial charge is 0.336 e. The monoisotopic (exact) mass is 303 g/mol. The lowest BCUT2D eigenvalue weighted by atomic mass is 10.0. The minimum Gasteiger partial charge on any atom is -0.336 e. The first-order valence-corrected chi connectivity index (χ1v) is 7.73. The zero-order valence-corrected chi connectivity index (χ0v) is 12.8. The lowest BCUT2D eigenvalue weighted by Gasteiger charge is -2.41. The molecule has 0 radical (unpaired) electrons. The van der Waals surface area contributed by atoms with Gasteiger partial charge < -0.3 is 15.1 Å². The summed E-state index contributed by atoms with van der Waals surface area (Å²) in [6.07, 6.45) is 4.99. The first-order valence-electron chi connectivity index (χ1n) is 7.73. The molecule has 2 fully saturated rings. The molecule has 118 valence electrons. The van der Waals surface area contributed by atoms with Crippen molar-refractivity contribution in [2.75, 3.05) is 32.7 Å². The summed E-state index contributed by atoms with van der Waals surface area (Å²) >= 11 is 0. The first-order chi connectivity index (χ1) is 10.6. The van der Waals surface area contributed by atoms with Gasteiger partial charge >= 0.3 is 0 Å². The van der Waals surface area contributed by atoms with Gasteiger partial charge in [-0.05, 0) is 19.8 Å². The van der Waals surface area contributed by atoms with E-state index in [4.69, 9.17) is 0 Å². The van der Waals surface area contributed by atoms with Gasteiger partial charge in [-0.3, -0.25) is 14.6 Å². The van der Waals surface area contributed by atoms with Crippen LogP contribution in [0.2, 0.25) is 0 Å². The molecule has 3 heterocycles. The standard InChI is InChI=1S/C15H21N5O2/c1-11-7-18-13(8-17-11)15(22)19-5-2-3-12(10-19)20-6-4-16-9-14(20)21/h7-8,12,16H,2-6,9-10H2,1H3. The van der Waals surface area contributed by atoms with Crippen LogP contribution in [0.25, 0.3) is 0 Å². The normalized spacial score (nSPS) is 22.8. The van der Waals surface area contributed by atoms with Crippen LogP contribution >= 0.6 is 0 Å². The molecular weight excluding hydrogens is 282 g/mol. The Labute approximate surface area is 129 Å². The second kappa shape index (κ2) is 6.39. The SMILES string of the molecule is Cc1cnc(C(=O)N2CCCC(N3CCNCC3=O)C2)cn1. The van der Waals surface area contributed by atoms with Gasteiger partial charge in [-0.1, -0.05) is 0 Å². The molecule has 7 nitrogen and oxygen atoms in total. The molecule has 2 amide bonds. The molecule has 3 rings (SSSR count). The van der Waals surface area contributed by atoms with E-state index < -0.39 is 0 Å². The maximum atomic E-state index is 12.5. The van der Waals surface area contributed by atoms with Crippen LogP contribution in [0.15, 0.2) is 12.4 Å². The van der Waals surface area contributed by atoms with E-state index in [1.807, 2.05) is 11.8 Å². The Morgan fingerprint density at radius 2 is 2.18 bits per heavy atom. The predicted octanol–water partition coefficient (Wildman–Crippen LogP) is -0.179. The van der Waals surface area contributed by atoms with Crippen molar-refractivity contribution in [1.82, 2.24) is 25.1 Å². The van der Waals surface area contributed by atoms with Crippen molar-refractivity contribution in [3.05, 3.63) is 23.8 Å². The molecule has 1 aromatic heterocycles. The fraction of sp³-hybridized carbons (Fsp3) is 0.600. The van der Waals surface area contributed by atoms with Crippen LogP contribution in [0, 0.1) is 6.92 Å². The molecule has 2 saturated heterocycles. The maximum absolute atomic E-state index is 12.5. The van der Waals surface area contributed by atoms with Gasteiger partial charge in [0.1, 0.15) is 5.69 Å². The number of aromatic nitrogens is 2. The number of carbonyl (C=O) groups is 2.